The van der Waals surface area contributed by atoms with Crippen molar-refractivity contribution < 1.29 is 4.39 Å². The van der Waals surface area contributed by atoms with E-state index in [2.05, 4.69) is 21.2 Å². The van der Waals surface area contributed by atoms with Gasteiger partial charge in [-0.15, -0.1) is 0 Å². The molecule has 2 aromatic carbocycles. The smallest absolute Gasteiger partial charge is 0.137 e. The third-order valence-electron chi connectivity index (χ3n) is 2.90. The maximum Gasteiger partial charge on any atom is 0.137 e. The third-order valence-corrected chi connectivity index (χ3v) is 4.09. The van der Waals surface area contributed by atoms with Crippen LogP contribution in [-0.4, -0.2) is 6.54 Å². The van der Waals surface area contributed by atoms with E-state index in [9.17, 15) is 4.39 Å². The van der Waals surface area contributed by atoms with Crippen LogP contribution in [0.4, 0.5) is 4.39 Å². The molecule has 0 aliphatic heterocycles. The van der Waals surface area contributed by atoms with Crippen LogP contribution in [0.25, 0.3) is 0 Å². The van der Waals surface area contributed by atoms with Crippen molar-refractivity contribution in [1.82, 2.24) is 5.32 Å². The number of rotatable bonds is 5. The molecule has 0 saturated carbocycles. The van der Waals surface area contributed by atoms with E-state index in [0.717, 1.165) is 24.1 Å². The third kappa shape index (κ3) is 4.45. The molecule has 0 atom stereocenters. The molecule has 0 aromatic heterocycles. The Bertz CT molecular complexity index is 604. The SMILES string of the molecule is Fc1ccc(CNCCc2ccc(Cl)cc2Cl)cc1Br. The van der Waals surface area contributed by atoms with E-state index in [1.165, 1.54) is 6.07 Å². The van der Waals surface area contributed by atoms with Gasteiger partial charge in [-0.2, -0.15) is 0 Å². The van der Waals surface area contributed by atoms with Crippen LogP contribution < -0.4 is 5.32 Å². The quantitative estimate of drug-likeness (QED) is 0.704. The topological polar surface area (TPSA) is 12.0 Å². The van der Waals surface area contributed by atoms with Gasteiger partial charge >= 0.3 is 0 Å². The zero-order valence-electron chi connectivity index (χ0n) is 10.6. The van der Waals surface area contributed by atoms with Gasteiger partial charge in [-0.1, -0.05) is 35.3 Å². The van der Waals surface area contributed by atoms with Crippen molar-refractivity contribution >= 4 is 39.1 Å². The van der Waals surface area contributed by atoms with Gasteiger partial charge in [0.1, 0.15) is 5.82 Å². The standard InChI is InChI=1S/C15H13BrCl2FN/c16-13-7-10(1-4-15(13)19)9-20-6-5-11-2-3-12(17)8-14(11)18/h1-4,7-8,20H,5-6,9H2. The normalized spacial score (nSPS) is 10.8. The molecule has 20 heavy (non-hydrogen) atoms. The Balaban J connectivity index is 1.82. The Morgan fingerprint density at radius 1 is 1.10 bits per heavy atom. The fourth-order valence-corrected chi connectivity index (χ4v) is 2.76. The first kappa shape index (κ1) is 15.8. The van der Waals surface area contributed by atoms with Crippen molar-refractivity contribution in [2.75, 3.05) is 6.54 Å². The Morgan fingerprint density at radius 3 is 2.60 bits per heavy atom. The monoisotopic (exact) mass is 375 g/mol. The highest BCUT2D eigenvalue weighted by Crippen LogP contribution is 2.21. The summed E-state index contributed by atoms with van der Waals surface area (Å²) in [4.78, 5) is 0. The van der Waals surface area contributed by atoms with E-state index in [-0.39, 0.29) is 5.82 Å². The Kier molecular flexibility index (Phi) is 5.85. The minimum absolute atomic E-state index is 0.248. The number of hydrogen-bond acceptors (Lipinski definition) is 1. The van der Waals surface area contributed by atoms with Gasteiger partial charge in [0.25, 0.3) is 0 Å². The maximum atomic E-state index is 13.1. The van der Waals surface area contributed by atoms with Crippen LogP contribution in [0.15, 0.2) is 40.9 Å². The summed E-state index contributed by atoms with van der Waals surface area (Å²) in [6.45, 7) is 1.47. The minimum atomic E-state index is -0.248. The molecule has 0 fully saturated rings. The van der Waals surface area contributed by atoms with E-state index >= 15 is 0 Å². The van der Waals surface area contributed by atoms with Crippen molar-refractivity contribution in [2.45, 2.75) is 13.0 Å². The Morgan fingerprint density at radius 2 is 1.90 bits per heavy atom. The van der Waals surface area contributed by atoms with Crippen LogP contribution in [0, 0.1) is 5.82 Å². The molecule has 0 saturated heterocycles. The molecular formula is C15H13BrCl2FN. The second kappa shape index (κ2) is 7.41. The molecule has 0 amide bonds. The average molecular weight is 377 g/mol. The molecule has 2 aromatic rings. The highest BCUT2D eigenvalue weighted by molar-refractivity contribution is 9.10. The second-order valence-electron chi connectivity index (χ2n) is 4.41. The van der Waals surface area contributed by atoms with Crippen LogP contribution in [0.5, 0.6) is 0 Å². The Hall–Kier alpha value is -0.610. The van der Waals surface area contributed by atoms with Gasteiger partial charge in [0.2, 0.25) is 0 Å². The lowest BCUT2D eigenvalue weighted by Gasteiger charge is -2.07. The lowest BCUT2D eigenvalue weighted by molar-refractivity contribution is 0.618. The summed E-state index contributed by atoms with van der Waals surface area (Å²) in [5, 5.41) is 4.63. The molecule has 0 bridgehead atoms. The van der Waals surface area contributed by atoms with Gasteiger partial charge in [0.15, 0.2) is 0 Å². The van der Waals surface area contributed by atoms with Crippen LogP contribution >= 0.6 is 39.1 Å². The van der Waals surface area contributed by atoms with Crippen LogP contribution in [0.3, 0.4) is 0 Å². The number of nitrogens with one attached hydrogen (secondary N) is 1. The van der Waals surface area contributed by atoms with E-state index in [1.807, 2.05) is 12.1 Å². The predicted molar refractivity (Wildman–Crippen MR) is 86.0 cm³/mol. The molecule has 0 spiro atoms. The summed E-state index contributed by atoms with van der Waals surface area (Å²) in [7, 11) is 0. The minimum Gasteiger partial charge on any atom is -0.312 e. The summed E-state index contributed by atoms with van der Waals surface area (Å²) >= 11 is 15.1. The summed E-state index contributed by atoms with van der Waals surface area (Å²) in [5.41, 5.74) is 2.09. The largest absolute Gasteiger partial charge is 0.312 e. The lowest BCUT2D eigenvalue weighted by atomic mass is 10.1. The molecule has 0 unspecified atom stereocenters. The maximum absolute atomic E-state index is 13.1. The molecule has 0 heterocycles. The van der Waals surface area contributed by atoms with E-state index in [1.54, 1.807) is 18.2 Å². The number of benzene rings is 2. The molecule has 5 heteroatoms. The van der Waals surface area contributed by atoms with Crippen molar-refractivity contribution in [3.8, 4) is 0 Å². The zero-order chi connectivity index (χ0) is 14.5. The average Bonchev–Trinajstić information content (AvgIpc) is 2.40. The van der Waals surface area contributed by atoms with Gasteiger partial charge in [-0.05, 0) is 64.3 Å². The van der Waals surface area contributed by atoms with E-state index < -0.39 is 0 Å². The molecule has 0 radical (unpaired) electrons. The first-order valence-electron chi connectivity index (χ1n) is 6.15. The van der Waals surface area contributed by atoms with Crippen molar-refractivity contribution in [1.29, 1.82) is 0 Å². The molecule has 1 N–H and O–H groups in total. The molecule has 0 aliphatic rings. The summed E-state index contributed by atoms with van der Waals surface area (Å²) in [6, 6.07) is 10.5. The van der Waals surface area contributed by atoms with E-state index in [4.69, 9.17) is 23.2 Å². The highest BCUT2D eigenvalue weighted by Gasteiger charge is 2.02. The van der Waals surface area contributed by atoms with Gasteiger partial charge in [0.05, 0.1) is 4.47 Å². The first-order valence-corrected chi connectivity index (χ1v) is 7.70. The molecule has 106 valence electrons. The van der Waals surface area contributed by atoms with Crippen LogP contribution in [0.2, 0.25) is 10.0 Å². The summed E-state index contributed by atoms with van der Waals surface area (Å²) in [5.74, 6) is -0.248. The zero-order valence-corrected chi connectivity index (χ0v) is 13.7. The fourth-order valence-electron chi connectivity index (χ4n) is 1.83. The van der Waals surface area contributed by atoms with Crippen LogP contribution in [-0.2, 0) is 13.0 Å². The van der Waals surface area contributed by atoms with Gasteiger partial charge in [0, 0.05) is 16.6 Å². The van der Waals surface area contributed by atoms with Crippen molar-refractivity contribution in [3.63, 3.8) is 0 Å². The molecular weight excluding hydrogens is 364 g/mol. The van der Waals surface area contributed by atoms with E-state index in [0.29, 0.717) is 21.1 Å². The molecule has 0 aliphatic carbocycles. The van der Waals surface area contributed by atoms with Crippen molar-refractivity contribution in [2.24, 2.45) is 0 Å². The fraction of sp³-hybridized carbons (Fsp3) is 0.200. The Labute approximate surface area is 136 Å². The second-order valence-corrected chi connectivity index (χ2v) is 6.11. The van der Waals surface area contributed by atoms with Crippen molar-refractivity contribution in [3.05, 3.63) is 67.9 Å². The van der Waals surface area contributed by atoms with Crippen LogP contribution in [0.1, 0.15) is 11.1 Å². The predicted octanol–water partition coefficient (Wildman–Crippen LogP) is 5.23. The number of halogens is 4. The summed E-state index contributed by atoms with van der Waals surface area (Å²) in [6.07, 6.45) is 0.818. The lowest BCUT2D eigenvalue weighted by Crippen LogP contribution is -2.16. The molecule has 1 nitrogen and oxygen atoms in total. The number of hydrogen-bond donors (Lipinski definition) is 1. The van der Waals surface area contributed by atoms with Gasteiger partial charge in [-0.25, -0.2) is 4.39 Å². The first-order chi connectivity index (χ1) is 9.56. The van der Waals surface area contributed by atoms with Gasteiger partial charge in [-0.3, -0.25) is 0 Å². The summed E-state index contributed by atoms with van der Waals surface area (Å²) < 4.78 is 13.6. The molecule has 2 rings (SSSR count). The highest BCUT2D eigenvalue weighted by atomic mass is 79.9. The van der Waals surface area contributed by atoms with Gasteiger partial charge < -0.3 is 5.32 Å².